The Labute approximate surface area is 221 Å². The molecule has 2 aliphatic rings. The first-order chi connectivity index (χ1) is 17.8. The summed E-state index contributed by atoms with van der Waals surface area (Å²) in [5, 5.41) is 3.07. The SMILES string of the molecule is COc1ccc(S(=O)(=O)N2CCOCC2)cc1CCC(=O)N[C@H](C)c1ccc(N2CCC[C@@H](C)C2)cc1. The van der Waals surface area contributed by atoms with E-state index in [9.17, 15) is 13.2 Å². The van der Waals surface area contributed by atoms with Gasteiger partial charge in [-0.15, -0.1) is 0 Å². The highest BCUT2D eigenvalue weighted by molar-refractivity contribution is 7.89. The molecule has 0 saturated carbocycles. The van der Waals surface area contributed by atoms with Gasteiger partial charge in [0.1, 0.15) is 5.75 Å². The highest BCUT2D eigenvalue weighted by Gasteiger charge is 2.27. The fourth-order valence-corrected chi connectivity index (χ4v) is 6.55. The number of morpholine rings is 1. The molecule has 0 radical (unpaired) electrons. The molecular weight excluding hydrogens is 490 g/mol. The number of benzene rings is 2. The Morgan fingerprint density at radius 1 is 1.14 bits per heavy atom. The fourth-order valence-electron chi connectivity index (χ4n) is 5.09. The molecule has 0 spiro atoms. The zero-order valence-corrected chi connectivity index (χ0v) is 22.9. The van der Waals surface area contributed by atoms with E-state index in [1.165, 1.54) is 22.8 Å². The summed E-state index contributed by atoms with van der Waals surface area (Å²) in [5.41, 5.74) is 2.98. The molecule has 202 valence electrons. The van der Waals surface area contributed by atoms with Gasteiger partial charge in [0.05, 0.1) is 31.3 Å². The number of nitrogens with zero attached hydrogens (tertiary/aromatic N) is 2. The molecular formula is C28H39N3O5S. The van der Waals surface area contributed by atoms with Crippen molar-refractivity contribution >= 4 is 21.6 Å². The zero-order valence-electron chi connectivity index (χ0n) is 22.1. The summed E-state index contributed by atoms with van der Waals surface area (Å²) in [6.45, 7) is 7.91. The lowest BCUT2D eigenvalue weighted by Crippen LogP contribution is -2.40. The maximum Gasteiger partial charge on any atom is 0.243 e. The van der Waals surface area contributed by atoms with Crippen LogP contribution >= 0.6 is 0 Å². The van der Waals surface area contributed by atoms with E-state index in [-0.39, 0.29) is 23.3 Å². The predicted molar refractivity (Wildman–Crippen MR) is 145 cm³/mol. The molecule has 0 aromatic heterocycles. The monoisotopic (exact) mass is 529 g/mol. The molecule has 2 fully saturated rings. The Morgan fingerprint density at radius 3 is 2.54 bits per heavy atom. The Bertz CT molecular complexity index is 1160. The molecule has 0 bridgehead atoms. The second-order valence-electron chi connectivity index (χ2n) is 10.1. The second-order valence-corrected chi connectivity index (χ2v) is 12.0. The number of hydrogen-bond donors (Lipinski definition) is 1. The van der Waals surface area contributed by atoms with Crippen molar-refractivity contribution in [1.29, 1.82) is 0 Å². The van der Waals surface area contributed by atoms with Crippen molar-refractivity contribution in [2.24, 2.45) is 5.92 Å². The number of piperidine rings is 1. The van der Waals surface area contributed by atoms with E-state index in [0.29, 0.717) is 50.0 Å². The number of carbonyl (C=O) groups excluding carboxylic acids is 1. The van der Waals surface area contributed by atoms with Crippen molar-refractivity contribution in [1.82, 2.24) is 9.62 Å². The molecule has 0 aliphatic carbocycles. The lowest BCUT2D eigenvalue weighted by Gasteiger charge is -2.33. The van der Waals surface area contributed by atoms with Gasteiger partial charge in [-0.3, -0.25) is 4.79 Å². The van der Waals surface area contributed by atoms with Gasteiger partial charge in [0.2, 0.25) is 15.9 Å². The van der Waals surface area contributed by atoms with Gasteiger partial charge in [-0.05, 0) is 73.6 Å². The van der Waals surface area contributed by atoms with Crippen LogP contribution in [-0.2, 0) is 26.0 Å². The minimum Gasteiger partial charge on any atom is -0.496 e. The highest BCUT2D eigenvalue weighted by Crippen LogP contribution is 2.27. The third-order valence-electron chi connectivity index (χ3n) is 7.27. The molecule has 2 heterocycles. The Morgan fingerprint density at radius 2 is 1.86 bits per heavy atom. The molecule has 2 saturated heterocycles. The summed E-state index contributed by atoms with van der Waals surface area (Å²) in [6, 6.07) is 13.2. The number of hydrogen-bond acceptors (Lipinski definition) is 6. The lowest BCUT2D eigenvalue weighted by atomic mass is 9.99. The van der Waals surface area contributed by atoms with Crippen LogP contribution < -0.4 is 15.0 Å². The molecule has 2 aromatic carbocycles. The highest BCUT2D eigenvalue weighted by atomic mass is 32.2. The number of amides is 1. The second kappa shape index (κ2) is 12.3. The third kappa shape index (κ3) is 6.83. The van der Waals surface area contributed by atoms with Crippen LogP contribution in [0, 0.1) is 5.92 Å². The lowest BCUT2D eigenvalue weighted by molar-refractivity contribution is -0.121. The molecule has 37 heavy (non-hydrogen) atoms. The minimum absolute atomic E-state index is 0.0927. The summed E-state index contributed by atoms with van der Waals surface area (Å²) < 4.78 is 38.3. The van der Waals surface area contributed by atoms with E-state index >= 15 is 0 Å². The van der Waals surface area contributed by atoms with Crippen LogP contribution in [0.2, 0.25) is 0 Å². The van der Waals surface area contributed by atoms with Crippen LogP contribution in [0.15, 0.2) is 47.4 Å². The van der Waals surface area contributed by atoms with Crippen molar-refractivity contribution in [3.05, 3.63) is 53.6 Å². The molecule has 2 aromatic rings. The van der Waals surface area contributed by atoms with E-state index in [4.69, 9.17) is 9.47 Å². The van der Waals surface area contributed by atoms with Gasteiger partial charge in [-0.1, -0.05) is 19.1 Å². The first kappa shape index (κ1) is 27.4. The summed E-state index contributed by atoms with van der Waals surface area (Å²) in [6.07, 6.45) is 3.12. The molecule has 8 nitrogen and oxygen atoms in total. The number of carbonyl (C=O) groups is 1. The van der Waals surface area contributed by atoms with Gasteiger partial charge in [0, 0.05) is 38.3 Å². The Hall–Kier alpha value is -2.62. The van der Waals surface area contributed by atoms with Crippen molar-refractivity contribution in [2.45, 2.75) is 50.5 Å². The van der Waals surface area contributed by atoms with E-state index in [2.05, 4.69) is 41.4 Å². The van der Waals surface area contributed by atoms with Crippen molar-refractivity contribution in [3.8, 4) is 5.75 Å². The van der Waals surface area contributed by atoms with E-state index in [0.717, 1.165) is 18.7 Å². The van der Waals surface area contributed by atoms with Crippen LogP contribution in [0.4, 0.5) is 5.69 Å². The summed E-state index contributed by atoms with van der Waals surface area (Å²) in [7, 11) is -2.08. The molecule has 0 unspecified atom stereocenters. The Kier molecular flexibility index (Phi) is 9.10. The average Bonchev–Trinajstić information content (AvgIpc) is 2.92. The number of ether oxygens (including phenoxy) is 2. The molecule has 1 N–H and O–H groups in total. The number of methoxy groups -OCH3 is 1. The summed E-state index contributed by atoms with van der Waals surface area (Å²) in [4.78, 5) is 15.4. The zero-order chi connectivity index (χ0) is 26.4. The molecule has 4 rings (SSSR count). The van der Waals surface area contributed by atoms with Crippen LogP contribution in [0.1, 0.15) is 50.3 Å². The van der Waals surface area contributed by atoms with Crippen LogP contribution in [0.3, 0.4) is 0 Å². The number of nitrogens with one attached hydrogen (secondary N) is 1. The molecule has 9 heteroatoms. The molecule has 2 atom stereocenters. The molecule has 1 amide bonds. The molecule has 2 aliphatic heterocycles. The smallest absolute Gasteiger partial charge is 0.243 e. The number of aryl methyl sites for hydroxylation is 1. The maximum atomic E-state index is 13.1. The quantitative estimate of drug-likeness (QED) is 0.532. The topological polar surface area (TPSA) is 88.2 Å². The van der Waals surface area contributed by atoms with Crippen LogP contribution in [0.25, 0.3) is 0 Å². The summed E-state index contributed by atoms with van der Waals surface area (Å²) >= 11 is 0. The van der Waals surface area contributed by atoms with Crippen molar-refractivity contribution in [2.75, 3.05) is 51.4 Å². The van der Waals surface area contributed by atoms with Gasteiger partial charge < -0.3 is 19.7 Å². The third-order valence-corrected chi connectivity index (χ3v) is 9.17. The number of anilines is 1. The first-order valence-corrected chi connectivity index (χ1v) is 14.6. The maximum absolute atomic E-state index is 13.1. The average molecular weight is 530 g/mol. The van der Waals surface area contributed by atoms with Gasteiger partial charge in [0.25, 0.3) is 0 Å². The number of sulfonamides is 1. The number of rotatable bonds is 9. The normalized spacial score (nSPS) is 19.9. The van der Waals surface area contributed by atoms with E-state index in [1.807, 2.05) is 6.92 Å². The van der Waals surface area contributed by atoms with Crippen LogP contribution in [0.5, 0.6) is 5.75 Å². The van der Waals surface area contributed by atoms with E-state index in [1.54, 1.807) is 25.3 Å². The first-order valence-electron chi connectivity index (χ1n) is 13.2. The predicted octanol–water partition coefficient (Wildman–Crippen LogP) is 3.76. The Balaban J connectivity index is 1.36. The van der Waals surface area contributed by atoms with Crippen LogP contribution in [-0.4, -0.2) is 65.1 Å². The van der Waals surface area contributed by atoms with Crippen molar-refractivity contribution < 1.29 is 22.7 Å². The summed E-state index contributed by atoms with van der Waals surface area (Å²) in [5.74, 6) is 1.19. The van der Waals surface area contributed by atoms with Gasteiger partial charge in [0.15, 0.2) is 0 Å². The fraction of sp³-hybridized carbons (Fsp3) is 0.536. The largest absolute Gasteiger partial charge is 0.496 e. The van der Waals surface area contributed by atoms with Gasteiger partial charge in [-0.25, -0.2) is 8.42 Å². The van der Waals surface area contributed by atoms with Crippen molar-refractivity contribution in [3.63, 3.8) is 0 Å². The minimum atomic E-state index is -3.62. The van der Waals surface area contributed by atoms with Gasteiger partial charge >= 0.3 is 0 Å². The standard InChI is InChI=1S/C28H39N3O5S/c1-21-5-4-14-30(20-21)25-9-6-23(7-10-25)22(2)29-28(32)13-8-24-19-26(11-12-27(24)35-3)37(33,34)31-15-17-36-18-16-31/h6-7,9-12,19,21-22H,4-5,8,13-18,20H2,1-3H3,(H,29,32)/t21-,22-/m1/s1. The van der Waals surface area contributed by atoms with E-state index < -0.39 is 10.0 Å². The van der Waals surface area contributed by atoms with Gasteiger partial charge in [-0.2, -0.15) is 4.31 Å².